The van der Waals surface area contributed by atoms with Gasteiger partial charge in [-0.15, -0.1) is 12.4 Å². The predicted molar refractivity (Wildman–Crippen MR) is 139 cm³/mol. The Morgan fingerprint density at radius 1 is 0.886 bits per heavy atom. The van der Waals surface area contributed by atoms with Gasteiger partial charge in [0, 0.05) is 19.6 Å². The highest BCUT2D eigenvalue weighted by Crippen LogP contribution is 2.33. The van der Waals surface area contributed by atoms with Gasteiger partial charge in [-0.1, -0.05) is 18.2 Å². The molecule has 0 radical (unpaired) electrons. The minimum absolute atomic E-state index is 0. The molecule has 9 heteroatoms. The molecule has 0 spiro atoms. The number of para-hydroxylation sites is 1. The molecular formula is C26H31ClN2O5S. The van der Waals surface area contributed by atoms with Crippen LogP contribution in [0.3, 0.4) is 0 Å². The van der Waals surface area contributed by atoms with E-state index in [2.05, 4.69) is 15.7 Å². The number of nitrogens with zero attached hydrogens (tertiary/aromatic N) is 1. The van der Waals surface area contributed by atoms with E-state index in [0.717, 1.165) is 44.0 Å². The third-order valence-electron chi connectivity index (χ3n) is 5.85. The highest BCUT2D eigenvalue weighted by molar-refractivity contribution is 7.89. The lowest BCUT2D eigenvalue weighted by Crippen LogP contribution is -2.33. The summed E-state index contributed by atoms with van der Waals surface area (Å²) in [5.74, 6) is 2.78. The number of ether oxygens (including phenoxy) is 3. The molecule has 0 atom stereocenters. The number of nitrogens with one attached hydrogen (secondary N) is 1. The van der Waals surface area contributed by atoms with Crippen LogP contribution in [0.5, 0.6) is 23.0 Å². The number of hydrogen-bond donors (Lipinski definition) is 1. The maximum Gasteiger partial charge on any atom is 0.240 e. The van der Waals surface area contributed by atoms with E-state index in [1.54, 1.807) is 38.5 Å². The molecule has 1 aliphatic heterocycles. The summed E-state index contributed by atoms with van der Waals surface area (Å²) >= 11 is 0. The van der Waals surface area contributed by atoms with Gasteiger partial charge in [0.1, 0.15) is 11.5 Å². The lowest BCUT2D eigenvalue weighted by molar-refractivity contribution is 0.250. The smallest absolute Gasteiger partial charge is 0.240 e. The van der Waals surface area contributed by atoms with Crippen LogP contribution in [0.15, 0.2) is 71.6 Å². The molecule has 3 aromatic carbocycles. The van der Waals surface area contributed by atoms with Crippen LogP contribution >= 0.6 is 12.4 Å². The molecule has 188 valence electrons. The number of halogens is 1. The van der Waals surface area contributed by atoms with Gasteiger partial charge in [0.15, 0.2) is 11.5 Å². The quantitative estimate of drug-likeness (QED) is 0.394. The summed E-state index contributed by atoms with van der Waals surface area (Å²) in [7, 11) is -0.287. The van der Waals surface area contributed by atoms with Crippen molar-refractivity contribution in [1.82, 2.24) is 9.62 Å². The van der Waals surface area contributed by atoms with Crippen LogP contribution in [-0.4, -0.2) is 47.2 Å². The Hall–Kier alpha value is -2.78. The molecule has 1 N–H and O–H groups in total. The minimum atomic E-state index is -3.57. The van der Waals surface area contributed by atoms with Crippen LogP contribution in [-0.2, 0) is 23.0 Å². The van der Waals surface area contributed by atoms with Crippen LogP contribution < -0.4 is 18.9 Å². The van der Waals surface area contributed by atoms with Gasteiger partial charge in [0.2, 0.25) is 10.0 Å². The maximum absolute atomic E-state index is 12.7. The molecule has 0 saturated carbocycles. The highest BCUT2D eigenvalue weighted by atomic mass is 35.5. The summed E-state index contributed by atoms with van der Waals surface area (Å²) in [4.78, 5) is 2.55. The number of rotatable bonds is 10. The van der Waals surface area contributed by atoms with Gasteiger partial charge >= 0.3 is 0 Å². The third-order valence-corrected chi connectivity index (χ3v) is 7.33. The number of hydrogen-bond acceptors (Lipinski definition) is 6. The second kappa shape index (κ2) is 12.3. The third kappa shape index (κ3) is 6.89. The van der Waals surface area contributed by atoms with E-state index in [-0.39, 0.29) is 17.3 Å². The predicted octanol–water partition coefficient (Wildman–Crippen LogP) is 4.64. The molecule has 35 heavy (non-hydrogen) atoms. The van der Waals surface area contributed by atoms with Crippen LogP contribution in [0.1, 0.15) is 17.5 Å². The fourth-order valence-corrected chi connectivity index (χ4v) is 5.11. The minimum Gasteiger partial charge on any atom is -0.493 e. The Kier molecular flexibility index (Phi) is 9.40. The number of sulfonamides is 1. The molecule has 3 aromatic rings. The van der Waals surface area contributed by atoms with Crippen molar-refractivity contribution in [2.75, 3.05) is 33.9 Å². The first-order chi connectivity index (χ1) is 16.5. The van der Waals surface area contributed by atoms with Crippen LogP contribution in [0.25, 0.3) is 0 Å². The highest BCUT2D eigenvalue weighted by Gasteiger charge is 2.20. The summed E-state index contributed by atoms with van der Waals surface area (Å²) in [6.45, 7) is 2.92. The average molecular weight is 519 g/mol. The lowest BCUT2D eigenvalue weighted by atomic mass is 9.98. The standard InChI is InChI=1S/C26H30N2O5S.ClH/c1-31-25-17-20-13-16-28(19-21(20)18-26(25)32-2)15-6-14-27-34(29,30)24-11-9-23(10-12-24)33-22-7-4-3-5-8-22;/h3-5,7-12,17-18,27H,6,13-16,19H2,1-2H3;1H. The largest absolute Gasteiger partial charge is 0.493 e. The van der Waals surface area contributed by atoms with Gasteiger partial charge < -0.3 is 14.2 Å². The molecule has 0 aromatic heterocycles. The molecule has 7 nitrogen and oxygen atoms in total. The van der Waals surface area contributed by atoms with E-state index in [9.17, 15) is 8.42 Å². The first-order valence-electron chi connectivity index (χ1n) is 11.3. The van der Waals surface area contributed by atoms with Crippen LogP contribution in [0, 0.1) is 0 Å². The second-order valence-corrected chi connectivity index (χ2v) is 9.91. The molecule has 4 rings (SSSR count). The van der Waals surface area contributed by atoms with Crippen molar-refractivity contribution in [1.29, 1.82) is 0 Å². The normalized spacial score (nSPS) is 13.4. The van der Waals surface area contributed by atoms with Crippen molar-refractivity contribution < 1.29 is 22.6 Å². The zero-order chi connectivity index (χ0) is 24.0. The van der Waals surface area contributed by atoms with E-state index < -0.39 is 10.0 Å². The summed E-state index contributed by atoms with van der Waals surface area (Å²) < 4.78 is 44.6. The van der Waals surface area contributed by atoms with E-state index in [0.29, 0.717) is 18.0 Å². The monoisotopic (exact) mass is 518 g/mol. The average Bonchev–Trinajstić information content (AvgIpc) is 2.86. The molecular weight excluding hydrogens is 488 g/mol. The summed E-state index contributed by atoms with van der Waals surface area (Å²) in [5.41, 5.74) is 2.50. The van der Waals surface area contributed by atoms with E-state index >= 15 is 0 Å². The van der Waals surface area contributed by atoms with Crippen LogP contribution in [0.2, 0.25) is 0 Å². The zero-order valence-electron chi connectivity index (χ0n) is 19.9. The van der Waals surface area contributed by atoms with E-state index in [1.165, 1.54) is 11.1 Å². The summed E-state index contributed by atoms with van der Waals surface area (Å²) in [6.07, 6.45) is 1.65. The van der Waals surface area contributed by atoms with Crippen molar-refractivity contribution in [3.63, 3.8) is 0 Å². The Bertz CT molecular complexity index is 1200. The van der Waals surface area contributed by atoms with Gasteiger partial charge in [0.25, 0.3) is 0 Å². The molecule has 0 bridgehead atoms. The van der Waals surface area contributed by atoms with Crippen molar-refractivity contribution in [3.05, 3.63) is 77.9 Å². The number of benzene rings is 3. The Morgan fingerprint density at radius 3 is 2.17 bits per heavy atom. The molecule has 1 aliphatic rings. The molecule has 0 amide bonds. The molecule has 1 heterocycles. The first-order valence-corrected chi connectivity index (χ1v) is 12.8. The lowest BCUT2D eigenvalue weighted by Gasteiger charge is -2.29. The van der Waals surface area contributed by atoms with E-state index in [1.807, 2.05) is 36.4 Å². The van der Waals surface area contributed by atoms with Gasteiger partial charge in [-0.3, -0.25) is 4.90 Å². The summed E-state index contributed by atoms with van der Waals surface area (Å²) in [5, 5.41) is 0. The van der Waals surface area contributed by atoms with Crippen molar-refractivity contribution in [2.24, 2.45) is 0 Å². The van der Waals surface area contributed by atoms with Gasteiger partial charge in [-0.05, 0) is 79.0 Å². The van der Waals surface area contributed by atoms with Gasteiger partial charge in [-0.25, -0.2) is 13.1 Å². The molecule has 0 saturated heterocycles. The van der Waals surface area contributed by atoms with Crippen LogP contribution in [0.4, 0.5) is 0 Å². The Labute approximate surface area is 213 Å². The Morgan fingerprint density at radius 2 is 1.51 bits per heavy atom. The fraction of sp³-hybridized carbons (Fsp3) is 0.308. The van der Waals surface area contributed by atoms with Crippen molar-refractivity contribution in [2.45, 2.75) is 24.3 Å². The fourth-order valence-electron chi connectivity index (χ4n) is 4.04. The van der Waals surface area contributed by atoms with Crippen molar-refractivity contribution in [3.8, 4) is 23.0 Å². The SMILES string of the molecule is COc1cc2c(cc1OC)CN(CCCNS(=O)(=O)c1ccc(Oc3ccccc3)cc1)CC2.Cl. The van der Waals surface area contributed by atoms with Crippen molar-refractivity contribution >= 4 is 22.4 Å². The maximum atomic E-state index is 12.7. The molecule has 0 unspecified atom stereocenters. The Balaban J connectivity index is 0.00000342. The molecule has 0 aliphatic carbocycles. The first kappa shape index (κ1) is 26.8. The number of fused-ring (bicyclic) bond motifs is 1. The zero-order valence-corrected chi connectivity index (χ0v) is 21.5. The number of methoxy groups -OCH3 is 2. The molecule has 0 fully saturated rings. The van der Waals surface area contributed by atoms with E-state index in [4.69, 9.17) is 14.2 Å². The van der Waals surface area contributed by atoms with Gasteiger partial charge in [-0.2, -0.15) is 0 Å². The van der Waals surface area contributed by atoms with Gasteiger partial charge in [0.05, 0.1) is 19.1 Å². The summed E-state index contributed by atoms with van der Waals surface area (Å²) in [6, 6.07) is 19.9. The topological polar surface area (TPSA) is 77.1 Å². The second-order valence-electron chi connectivity index (χ2n) is 8.14.